The maximum atomic E-state index is 5.60. The fourth-order valence-electron chi connectivity index (χ4n) is 2.09. The SMILES string of the molecule is CCCCCCCCCCOCCCC1CO1. The van der Waals surface area contributed by atoms with E-state index in [0.29, 0.717) is 6.10 Å². The molecule has 2 heteroatoms. The van der Waals surface area contributed by atoms with Gasteiger partial charge in [-0.15, -0.1) is 0 Å². The summed E-state index contributed by atoms with van der Waals surface area (Å²) in [5.41, 5.74) is 0. The molecule has 0 N–H and O–H groups in total. The molecule has 1 rings (SSSR count). The van der Waals surface area contributed by atoms with E-state index in [0.717, 1.165) is 19.8 Å². The Morgan fingerprint density at radius 3 is 2.12 bits per heavy atom. The summed E-state index contributed by atoms with van der Waals surface area (Å²) in [6, 6.07) is 0. The van der Waals surface area contributed by atoms with Crippen molar-refractivity contribution < 1.29 is 9.47 Å². The van der Waals surface area contributed by atoms with Crippen LogP contribution in [-0.2, 0) is 9.47 Å². The predicted octanol–water partition coefficient (Wildman–Crippen LogP) is 4.32. The standard InChI is InChI=1S/C15H30O2/c1-2-3-4-5-6-7-8-9-12-16-13-10-11-15-14-17-15/h15H,2-14H2,1H3. The van der Waals surface area contributed by atoms with Crippen molar-refractivity contribution in [3.05, 3.63) is 0 Å². The Labute approximate surface area is 107 Å². The van der Waals surface area contributed by atoms with E-state index < -0.39 is 0 Å². The fourth-order valence-corrected chi connectivity index (χ4v) is 2.09. The number of ether oxygens (including phenoxy) is 2. The van der Waals surface area contributed by atoms with Crippen molar-refractivity contribution in [2.24, 2.45) is 0 Å². The average molecular weight is 242 g/mol. The first-order chi connectivity index (χ1) is 8.43. The Morgan fingerprint density at radius 2 is 1.47 bits per heavy atom. The molecule has 0 aromatic heterocycles. The van der Waals surface area contributed by atoms with E-state index in [-0.39, 0.29) is 0 Å². The lowest BCUT2D eigenvalue weighted by Gasteiger charge is -2.03. The van der Waals surface area contributed by atoms with Gasteiger partial charge >= 0.3 is 0 Å². The molecule has 1 heterocycles. The first-order valence-electron chi connectivity index (χ1n) is 7.63. The molecule has 0 spiro atoms. The number of rotatable bonds is 13. The van der Waals surface area contributed by atoms with Crippen LogP contribution in [0, 0.1) is 0 Å². The minimum Gasteiger partial charge on any atom is -0.381 e. The first kappa shape index (κ1) is 15.0. The molecule has 2 nitrogen and oxygen atoms in total. The van der Waals surface area contributed by atoms with Crippen molar-refractivity contribution in [2.75, 3.05) is 19.8 Å². The van der Waals surface area contributed by atoms with Crippen molar-refractivity contribution in [3.8, 4) is 0 Å². The first-order valence-corrected chi connectivity index (χ1v) is 7.63. The Morgan fingerprint density at radius 1 is 0.882 bits per heavy atom. The molecule has 102 valence electrons. The Bertz CT molecular complexity index is 155. The third-order valence-corrected chi connectivity index (χ3v) is 3.36. The summed E-state index contributed by atoms with van der Waals surface area (Å²) >= 11 is 0. The third-order valence-electron chi connectivity index (χ3n) is 3.36. The average Bonchev–Trinajstić information content (AvgIpc) is 3.15. The monoisotopic (exact) mass is 242 g/mol. The second-order valence-corrected chi connectivity index (χ2v) is 5.18. The lowest BCUT2D eigenvalue weighted by atomic mass is 10.1. The van der Waals surface area contributed by atoms with Crippen molar-refractivity contribution >= 4 is 0 Å². The maximum absolute atomic E-state index is 5.60. The van der Waals surface area contributed by atoms with Crippen LogP contribution in [-0.4, -0.2) is 25.9 Å². The molecule has 17 heavy (non-hydrogen) atoms. The van der Waals surface area contributed by atoms with Crippen LogP contribution in [0.15, 0.2) is 0 Å². The van der Waals surface area contributed by atoms with E-state index >= 15 is 0 Å². The molecule has 0 bridgehead atoms. The summed E-state index contributed by atoms with van der Waals surface area (Å²) in [7, 11) is 0. The van der Waals surface area contributed by atoms with Crippen molar-refractivity contribution in [2.45, 2.75) is 77.2 Å². The normalized spacial score (nSPS) is 18.5. The number of hydrogen-bond donors (Lipinski definition) is 0. The van der Waals surface area contributed by atoms with Crippen LogP contribution in [0.5, 0.6) is 0 Å². The molecule has 1 aliphatic rings. The zero-order valence-corrected chi connectivity index (χ0v) is 11.6. The van der Waals surface area contributed by atoms with Gasteiger partial charge in [0.05, 0.1) is 12.7 Å². The highest BCUT2D eigenvalue weighted by molar-refractivity contribution is 4.67. The van der Waals surface area contributed by atoms with Crippen LogP contribution in [0.2, 0.25) is 0 Å². The predicted molar refractivity (Wildman–Crippen MR) is 72.4 cm³/mol. The molecule has 1 unspecified atom stereocenters. The van der Waals surface area contributed by atoms with E-state index in [4.69, 9.17) is 9.47 Å². The molecular weight excluding hydrogens is 212 g/mol. The van der Waals surface area contributed by atoms with Gasteiger partial charge in [-0.3, -0.25) is 0 Å². The molecule has 0 aromatic rings. The smallest absolute Gasteiger partial charge is 0.0810 e. The van der Waals surface area contributed by atoms with Crippen molar-refractivity contribution in [1.29, 1.82) is 0 Å². The number of epoxide rings is 1. The van der Waals surface area contributed by atoms with Crippen molar-refractivity contribution in [1.82, 2.24) is 0 Å². The summed E-state index contributed by atoms with van der Waals surface area (Å²) in [5, 5.41) is 0. The molecule has 0 aliphatic carbocycles. The molecule has 1 atom stereocenters. The van der Waals surface area contributed by atoms with Gasteiger partial charge in [0.15, 0.2) is 0 Å². The Balaban J connectivity index is 1.61. The van der Waals surface area contributed by atoms with E-state index in [1.165, 1.54) is 64.2 Å². The molecule has 0 saturated carbocycles. The van der Waals surface area contributed by atoms with Gasteiger partial charge in [-0.25, -0.2) is 0 Å². The van der Waals surface area contributed by atoms with Crippen molar-refractivity contribution in [3.63, 3.8) is 0 Å². The maximum Gasteiger partial charge on any atom is 0.0810 e. The molecular formula is C15H30O2. The Kier molecular flexibility index (Phi) is 9.72. The molecule has 1 aliphatic heterocycles. The Hall–Kier alpha value is -0.0800. The van der Waals surface area contributed by atoms with Crippen LogP contribution >= 0.6 is 0 Å². The van der Waals surface area contributed by atoms with Gasteiger partial charge < -0.3 is 9.47 Å². The zero-order chi connectivity index (χ0) is 12.2. The van der Waals surface area contributed by atoms with Gasteiger partial charge in [0.2, 0.25) is 0 Å². The van der Waals surface area contributed by atoms with E-state index in [1.807, 2.05) is 0 Å². The topological polar surface area (TPSA) is 21.8 Å². The molecule has 1 saturated heterocycles. The summed E-state index contributed by atoms with van der Waals surface area (Å²) < 4.78 is 10.8. The van der Waals surface area contributed by atoms with E-state index in [2.05, 4.69) is 6.92 Å². The highest BCUT2D eigenvalue weighted by Gasteiger charge is 2.20. The van der Waals surface area contributed by atoms with Gasteiger partial charge in [0.25, 0.3) is 0 Å². The molecule has 1 fully saturated rings. The van der Waals surface area contributed by atoms with Gasteiger partial charge in [-0.1, -0.05) is 51.9 Å². The third kappa shape index (κ3) is 10.8. The summed E-state index contributed by atoms with van der Waals surface area (Å²) in [6.07, 6.45) is 13.9. The summed E-state index contributed by atoms with van der Waals surface area (Å²) in [4.78, 5) is 0. The summed E-state index contributed by atoms with van der Waals surface area (Å²) in [5.74, 6) is 0. The quantitative estimate of drug-likeness (QED) is 0.354. The number of hydrogen-bond acceptors (Lipinski definition) is 2. The highest BCUT2D eigenvalue weighted by Crippen LogP contribution is 2.15. The molecule has 0 amide bonds. The molecule has 0 radical (unpaired) electrons. The fraction of sp³-hybridized carbons (Fsp3) is 1.00. The van der Waals surface area contributed by atoms with Crippen LogP contribution in [0.3, 0.4) is 0 Å². The van der Waals surface area contributed by atoms with Gasteiger partial charge in [0, 0.05) is 13.2 Å². The lowest BCUT2D eigenvalue weighted by Crippen LogP contribution is -1.98. The van der Waals surface area contributed by atoms with E-state index in [9.17, 15) is 0 Å². The van der Waals surface area contributed by atoms with Crippen LogP contribution in [0.4, 0.5) is 0 Å². The minimum atomic E-state index is 0.571. The van der Waals surface area contributed by atoms with Gasteiger partial charge in [-0.05, 0) is 19.3 Å². The minimum absolute atomic E-state index is 0.571. The number of unbranched alkanes of at least 4 members (excludes halogenated alkanes) is 7. The second kappa shape index (κ2) is 11.0. The lowest BCUT2D eigenvalue weighted by molar-refractivity contribution is 0.124. The van der Waals surface area contributed by atoms with Gasteiger partial charge in [-0.2, -0.15) is 0 Å². The zero-order valence-electron chi connectivity index (χ0n) is 11.6. The van der Waals surface area contributed by atoms with Gasteiger partial charge in [0.1, 0.15) is 0 Å². The highest BCUT2D eigenvalue weighted by atomic mass is 16.6. The van der Waals surface area contributed by atoms with Crippen LogP contribution < -0.4 is 0 Å². The second-order valence-electron chi connectivity index (χ2n) is 5.18. The largest absolute Gasteiger partial charge is 0.381 e. The van der Waals surface area contributed by atoms with E-state index in [1.54, 1.807) is 0 Å². The summed E-state index contributed by atoms with van der Waals surface area (Å²) in [6.45, 7) is 5.14. The van der Waals surface area contributed by atoms with Crippen LogP contribution in [0.25, 0.3) is 0 Å². The molecule has 0 aromatic carbocycles. The van der Waals surface area contributed by atoms with Crippen LogP contribution in [0.1, 0.15) is 71.1 Å².